The summed E-state index contributed by atoms with van der Waals surface area (Å²) in [6, 6.07) is 8.32. The first-order chi connectivity index (χ1) is 9.42. The van der Waals surface area contributed by atoms with Crippen LogP contribution in [0, 0.1) is 5.92 Å². The Balaban J connectivity index is 2.03. The molecule has 1 aromatic heterocycles. The van der Waals surface area contributed by atoms with E-state index in [-0.39, 0.29) is 4.75 Å². The summed E-state index contributed by atoms with van der Waals surface area (Å²) in [4.78, 5) is 0. The van der Waals surface area contributed by atoms with Crippen molar-refractivity contribution < 1.29 is 8.63 Å². The molecule has 0 saturated carbocycles. The van der Waals surface area contributed by atoms with Crippen LogP contribution in [0.25, 0.3) is 11.0 Å². The van der Waals surface area contributed by atoms with E-state index >= 15 is 0 Å². The highest BCUT2D eigenvalue weighted by Crippen LogP contribution is 2.25. The number of rotatable bonds is 6. The van der Waals surface area contributed by atoms with Gasteiger partial charge in [0, 0.05) is 5.39 Å². The van der Waals surface area contributed by atoms with E-state index in [1.807, 2.05) is 19.9 Å². The van der Waals surface area contributed by atoms with Gasteiger partial charge in [0.1, 0.15) is 5.58 Å². The fourth-order valence-corrected chi connectivity index (χ4v) is 3.78. The second-order valence-electron chi connectivity index (χ2n) is 6.04. The first-order valence-corrected chi connectivity index (χ1v) is 8.13. The number of hydrogen-bond donors (Lipinski definition) is 1. The molecule has 1 aromatic carbocycles. The van der Waals surface area contributed by atoms with Gasteiger partial charge < -0.3 is 4.42 Å². The van der Waals surface area contributed by atoms with E-state index in [2.05, 4.69) is 29.8 Å². The van der Waals surface area contributed by atoms with E-state index in [4.69, 9.17) is 4.42 Å². The van der Waals surface area contributed by atoms with Crippen LogP contribution in [0.5, 0.6) is 0 Å². The van der Waals surface area contributed by atoms with Crippen molar-refractivity contribution in [3.8, 4) is 0 Å². The third kappa shape index (κ3) is 3.49. The van der Waals surface area contributed by atoms with Crippen LogP contribution in [0.3, 0.4) is 0 Å². The van der Waals surface area contributed by atoms with Gasteiger partial charge in [-0.15, -0.1) is 0 Å². The Kier molecular flexibility index (Phi) is 4.66. The molecule has 20 heavy (non-hydrogen) atoms. The zero-order valence-corrected chi connectivity index (χ0v) is 13.4. The minimum atomic E-state index is -1.00. The van der Waals surface area contributed by atoms with Crippen LogP contribution in [0.15, 0.2) is 34.9 Å². The predicted octanol–water partition coefficient (Wildman–Crippen LogP) is 3.66. The number of fused-ring (bicyclic) bond motifs is 1. The lowest BCUT2D eigenvalue weighted by Crippen LogP contribution is -2.36. The van der Waals surface area contributed by atoms with Crippen LogP contribution >= 0.6 is 0 Å². The molecule has 2 aromatic rings. The van der Waals surface area contributed by atoms with E-state index < -0.39 is 11.0 Å². The molecule has 4 heteroatoms. The SMILES string of the molecule is CNS(=O)C(C)(C)C[C@H](C)Cc1ccc2ccoc2c1. The highest BCUT2D eigenvalue weighted by atomic mass is 32.2. The van der Waals surface area contributed by atoms with Crippen LogP contribution in [0.4, 0.5) is 0 Å². The topological polar surface area (TPSA) is 42.2 Å². The molecule has 0 saturated heterocycles. The van der Waals surface area contributed by atoms with Crippen molar-refractivity contribution in [1.29, 1.82) is 0 Å². The lowest BCUT2D eigenvalue weighted by Gasteiger charge is -2.26. The molecule has 3 nitrogen and oxygen atoms in total. The molecule has 0 aliphatic rings. The van der Waals surface area contributed by atoms with Crippen molar-refractivity contribution in [2.24, 2.45) is 5.92 Å². The molecule has 0 spiro atoms. The Morgan fingerprint density at radius 1 is 1.35 bits per heavy atom. The standard InChI is InChI=1S/C16H23NO2S/c1-12(11-16(2,3)20(18)17-4)9-13-5-6-14-7-8-19-15(14)10-13/h5-8,10,12,17H,9,11H2,1-4H3/t12-,20?/m1/s1. The van der Waals surface area contributed by atoms with E-state index in [1.54, 1.807) is 13.3 Å². The van der Waals surface area contributed by atoms with Crippen LogP contribution in [-0.2, 0) is 17.4 Å². The third-order valence-corrected chi connectivity index (χ3v) is 5.17. The zero-order chi connectivity index (χ0) is 14.8. The molecule has 0 bridgehead atoms. The Morgan fingerprint density at radius 2 is 2.10 bits per heavy atom. The second kappa shape index (κ2) is 6.10. The molecule has 0 aliphatic carbocycles. The minimum absolute atomic E-state index is 0.219. The normalized spacial score (nSPS) is 15.4. The summed E-state index contributed by atoms with van der Waals surface area (Å²) < 4.78 is 20.0. The molecule has 1 heterocycles. The monoisotopic (exact) mass is 293 g/mol. The largest absolute Gasteiger partial charge is 0.464 e. The van der Waals surface area contributed by atoms with Gasteiger partial charge in [0.2, 0.25) is 0 Å². The molecular formula is C16H23NO2S. The molecule has 0 radical (unpaired) electrons. The van der Waals surface area contributed by atoms with Gasteiger partial charge in [-0.3, -0.25) is 0 Å². The molecule has 2 rings (SSSR count). The third-order valence-electron chi connectivity index (χ3n) is 3.63. The molecule has 0 fully saturated rings. The summed E-state index contributed by atoms with van der Waals surface area (Å²) in [5.41, 5.74) is 2.21. The Morgan fingerprint density at radius 3 is 2.80 bits per heavy atom. The molecule has 0 aliphatic heterocycles. The maximum absolute atomic E-state index is 11.9. The molecule has 1 N–H and O–H groups in total. The predicted molar refractivity (Wildman–Crippen MR) is 85.0 cm³/mol. The zero-order valence-electron chi connectivity index (χ0n) is 12.6. The van der Waals surface area contributed by atoms with E-state index in [1.165, 1.54) is 5.56 Å². The maximum Gasteiger partial charge on any atom is 0.134 e. The Hall–Kier alpha value is -1.13. The van der Waals surface area contributed by atoms with Crippen molar-refractivity contribution in [3.05, 3.63) is 36.1 Å². The lowest BCUT2D eigenvalue weighted by molar-refractivity contribution is 0.453. The van der Waals surface area contributed by atoms with Crippen molar-refractivity contribution in [3.63, 3.8) is 0 Å². The average molecular weight is 293 g/mol. The average Bonchev–Trinajstić information content (AvgIpc) is 2.84. The van der Waals surface area contributed by atoms with E-state index in [0.29, 0.717) is 5.92 Å². The van der Waals surface area contributed by atoms with Gasteiger partial charge in [-0.2, -0.15) is 0 Å². The fourth-order valence-electron chi connectivity index (χ4n) is 2.79. The summed E-state index contributed by atoms with van der Waals surface area (Å²) >= 11 is 0. The fraction of sp³-hybridized carbons (Fsp3) is 0.500. The maximum atomic E-state index is 11.9. The summed E-state index contributed by atoms with van der Waals surface area (Å²) in [5, 5.41) is 1.14. The van der Waals surface area contributed by atoms with Gasteiger partial charge in [-0.1, -0.05) is 19.1 Å². The number of benzene rings is 1. The van der Waals surface area contributed by atoms with Gasteiger partial charge in [0.25, 0.3) is 0 Å². The Labute approximate surface area is 123 Å². The number of hydrogen-bond acceptors (Lipinski definition) is 2. The minimum Gasteiger partial charge on any atom is -0.464 e. The molecular weight excluding hydrogens is 270 g/mol. The second-order valence-corrected chi connectivity index (χ2v) is 8.09. The molecule has 0 amide bonds. The Bertz CT molecular complexity index is 603. The number of furan rings is 1. The van der Waals surface area contributed by atoms with Gasteiger partial charge in [0.15, 0.2) is 0 Å². The molecule has 1 unspecified atom stereocenters. The van der Waals surface area contributed by atoms with Crippen molar-refractivity contribution in [2.45, 2.75) is 38.4 Å². The van der Waals surface area contributed by atoms with Crippen LogP contribution in [-0.4, -0.2) is 16.0 Å². The van der Waals surface area contributed by atoms with Crippen LogP contribution < -0.4 is 4.72 Å². The first kappa shape index (κ1) is 15.3. The molecule has 110 valence electrons. The van der Waals surface area contributed by atoms with Crippen molar-refractivity contribution in [1.82, 2.24) is 4.72 Å². The summed E-state index contributed by atoms with van der Waals surface area (Å²) in [5.74, 6) is 0.467. The first-order valence-electron chi connectivity index (χ1n) is 6.98. The van der Waals surface area contributed by atoms with Gasteiger partial charge >= 0.3 is 0 Å². The van der Waals surface area contributed by atoms with Gasteiger partial charge in [0.05, 0.1) is 22.0 Å². The quantitative estimate of drug-likeness (QED) is 0.883. The van der Waals surface area contributed by atoms with Gasteiger partial charge in [-0.25, -0.2) is 8.93 Å². The van der Waals surface area contributed by atoms with Crippen molar-refractivity contribution in [2.75, 3.05) is 7.05 Å². The summed E-state index contributed by atoms with van der Waals surface area (Å²) in [6.45, 7) is 6.30. The van der Waals surface area contributed by atoms with E-state index in [0.717, 1.165) is 23.8 Å². The smallest absolute Gasteiger partial charge is 0.134 e. The molecule has 2 atom stereocenters. The highest BCUT2D eigenvalue weighted by Gasteiger charge is 2.27. The van der Waals surface area contributed by atoms with Crippen molar-refractivity contribution >= 4 is 22.0 Å². The van der Waals surface area contributed by atoms with E-state index in [9.17, 15) is 4.21 Å². The lowest BCUT2D eigenvalue weighted by atomic mass is 9.92. The summed E-state index contributed by atoms with van der Waals surface area (Å²) in [6.07, 6.45) is 3.61. The van der Waals surface area contributed by atoms with Gasteiger partial charge in [-0.05, 0) is 57.4 Å². The number of nitrogens with one attached hydrogen (secondary N) is 1. The summed E-state index contributed by atoms with van der Waals surface area (Å²) in [7, 11) is 0.743. The van der Waals surface area contributed by atoms with Crippen LogP contribution in [0.1, 0.15) is 32.8 Å². The highest BCUT2D eigenvalue weighted by molar-refractivity contribution is 7.84. The van der Waals surface area contributed by atoms with Crippen LogP contribution in [0.2, 0.25) is 0 Å².